The van der Waals surface area contributed by atoms with E-state index in [0.717, 1.165) is 0 Å². The van der Waals surface area contributed by atoms with Crippen molar-refractivity contribution >= 4 is 41.2 Å². The van der Waals surface area contributed by atoms with E-state index in [1.54, 1.807) is 0 Å². The quantitative estimate of drug-likeness (QED) is 0.530. The molecule has 4 N–H and O–H groups in total. The smallest absolute Gasteiger partial charge is 0.336 e. The number of aromatic carboxylic acids is 4. The highest BCUT2D eigenvalue weighted by atomic mass is 27.0. The van der Waals surface area contributed by atoms with Gasteiger partial charge in [-0.3, -0.25) is 0 Å². The first-order valence-corrected chi connectivity index (χ1v) is 4.37. The van der Waals surface area contributed by atoms with Gasteiger partial charge < -0.3 is 20.4 Å². The lowest BCUT2D eigenvalue weighted by molar-refractivity contribution is 0.0637. The average molecular weight is 284 g/mol. The van der Waals surface area contributed by atoms with Crippen LogP contribution in [0.1, 0.15) is 41.4 Å². The predicted molar refractivity (Wildman–Crippen MR) is 64.2 cm³/mol. The van der Waals surface area contributed by atoms with Crippen LogP contribution < -0.4 is 0 Å². The van der Waals surface area contributed by atoms with Gasteiger partial charge in [0.1, 0.15) is 0 Å². The summed E-state index contributed by atoms with van der Waals surface area (Å²) >= 11 is 0. The van der Waals surface area contributed by atoms with Crippen molar-refractivity contribution in [1.82, 2.24) is 0 Å². The van der Waals surface area contributed by atoms with E-state index < -0.39 is 46.1 Å². The van der Waals surface area contributed by atoms with Gasteiger partial charge in [0.05, 0.1) is 22.3 Å². The van der Waals surface area contributed by atoms with Gasteiger partial charge in [-0.25, -0.2) is 19.2 Å². The second kappa shape index (κ2) is 5.99. The number of carbonyl (C=O) groups is 4. The molecule has 0 saturated heterocycles. The summed E-state index contributed by atoms with van der Waals surface area (Å²) in [6.07, 6.45) is 0. The van der Waals surface area contributed by atoms with E-state index in [0.29, 0.717) is 12.1 Å². The lowest BCUT2D eigenvalue weighted by Gasteiger charge is -2.06. The Morgan fingerprint density at radius 1 is 0.579 bits per heavy atom. The van der Waals surface area contributed by atoms with Crippen molar-refractivity contribution in [1.29, 1.82) is 0 Å². The molecule has 0 amide bonds. The summed E-state index contributed by atoms with van der Waals surface area (Å²) in [4.78, 5) is 43.1. The van der Waals surface area contributed by atoms with Gasteiger partial charge in [-0.05, 0) is 12.1 Å². The third-order valence-corrected chi connectivity index (χ3v) is 2.08. The second-order valence-electron chi connectivity index (χ2n) is 3.16. The minimum atomic E-state index is -1.66. The molecule has 0 spiro atoms. The van der Waals surface area contributed by atoms with E-state index >= 15 is 0 Å². The van der Waals surface area contributed by atoms with Crippen molar-refractivity contribution in [3.05, 3.63) is 34.4 Å². The van der Waals surface area contributed by atoms with Gasteiger partial charge in [0, 0.05) is 0 Å². The summed E-state index contributed by atoms with van der Waals surface area (Å²) < 4.78 is 0. The molecule has 100 valence electrons. The number of hydrogen-bond acceptors (Lipinski definition) is 4. The van der Waals surface area contributed by atoms with Crippen molar-refractivity contribution in [2.24, 2.45) is 0 Å². The maximum atomic E-state index is 10.8. The van der Waals surface area contributed by atoms with E-state index in [4.69, 9.17) is 20.4 Å². The summed E-state index contributed by atoms with van der Waals surface area (Å²) in [5.41, 5.74) is -3.15. The van der Waals surface area contributed by atoms with Crippen LogP contribution in [0.5, 0.6) is 0 Å². The zero-order valence-electron chi connectivity index (χ0n) is 8.58. The average Bonchev–Trinajstić information content (AvgIpc) is 2.26. The molecular formula is C10H9AlO8. The zero-order valence-corrected chi connectivity index (χ0v) is 8.58. The molecule has 9 heteroatoms. The minimum absolute atomic E-state index is 0. The van der Waals surface area contributed by atoms with Crippen molar-refractivity contribution in [2.75, 3.05) is 0 Å². The van der Waals surface area contributed by atoms with Crippen LogP contribution in [0.25, 0.3) is 0 Å². The van der Waals surface area contributed by atoms with Gasteiger partial charge in [0.2, 0.25) is 0 Å². The summed E-state index contributed by atoms with van der Waals surface area (Å²) in [6.45, 7) is 0. The number of rotatable bonds is 4. The van der Waals surface area contributed by atoms with Crippen molar-refractivity contribution in [3.8, 4) is 0 Å². The molecule has 8 nitrogen and oxygen atoms in total. The number of carboxylic acids is 4. The molecule has 0 aliphatic carbocycles. The molecule has 1 rings (SSSR count). The molecule has 0 aliphatic heterocycles. The van der Waals surface area contributed by atoms with Crippen LogP contribution in [0.2, 0.25) is 0 Å². The normalized spacial score (nSPS) is 9.26. The van der Waals surface area contributed by atoms with Crippen molar-refractivity contribution in [3.63, 3.8) is 0 Å². The maximum Gasteiger partial charge on any atom is 0.336 e. The predicted octanol–water partition coefficient (Wildman–Crippen LogP) is -0.704. The van der Waals surface area contributed by atoms with Gasteiger partial charge in [-0.1, -0.05) is 0 Å². The summed E-state index contributed by atoms with van der Waals surface area (Å²) in [5.74, 6) is -6.64. The lowest BCUT2D eigenvalue weighted by Crippen LogP contribution is -2.15. The summed E-state index contributed by atoms with van der Waals surface area (Å²) in [6, 6.07) is 1.02. The van der Waals surface area contributed by atoms with Crippen LogP contribution in [-0.4, -0.2) is 61.7 Å². The molecule has 0 bridgehead atoms. The van der Waals surface area contributed by atoms with Gasteiger partial charge in [-0.2, -0.15) is 0 Å². The third kappa shape index (κ3) is 3.31. The highest BCUT2D eigenvalue weighted by Crippen LogP contribution is 2.18. The number of carboxylic acid groups (broad SMARTS) is 4. The maximum absolute atomic E-state index is 10.8. The summed E-state index contributed by atoms with van der Waals surface area (Å²) in [5, 5.41) is 35.0. The van der Waals surface area contributed by atoms with Crippen LogP contribution in [0.3, 0.4) is 0 Å². The molecule has 0 heterocycles. The van der Waals surface area contributed by atoms with Gasteiger partial charge in [0.15, 0.2) is 17.4 Å². The molecule has 1 aromatic carbocycles. The van der Waals surface area contributed by atoms with Crippen LogP contribution >= 0.6 is 0 Å². The standard InChI is InChI=1S/C10H6O8.Al.3H/c11-7(12)3-1-4(8(13)14)6(10(17)18)2-5(3)9(15)16;;;;/h1-2H,(H,11,12)(H,13,14)(H,15,16)(H,17,18);;;;. The molecular weight excluding hydrogens is 275 g/mol. The van der Waals surface area contributed by atoms with Crippen LogP contribution in [-0.2, 0) is 0 Å². The Kier molecular flexibility index (Phi) is 5.25. The van der Waals surface area contributed by atoms with Crippen LogP contribution in [0, 0.1) is 0 Å². The zero-order chi connectivity index (χ0) is 14.0. The first-order valence-electron chi connectivity index (χ1n) is 4.37. The Bertz CT molecular complexity index is 479. The first kappa shape index (κ1) is 16.6. The van der Waals surface area contributed by atoms with Gasteiger partial charge in [-0.15, -0.1) is 0 Å². The minimum Gasteiger partial charge on any atom is -0.478 e. The molecule has 0 unspecified atom stereocenters. The molecule has 0 aromatic heterocycles. The molecule has 19 heavy (non-hydrogen) atoms. The van der Waals surface area contributed by atoms with E-state index in [-0.39, 0.29) is 17.4 Å². The van der Waals surface area contributed by atoms with E-state index in [9.17, 15) is 19.2 Å². The highest BCUT2D eigenvalue weighted by Gasteiger charge is 2.24. The Morgan fingerprint density at radius 3 is 0.842 bits per heavy atom. The molecule has 1 aromatic rings. The van der Waals surface area contributed by atoms with Gasteiger partial charge >= 0.3 is 23.9 Å². The second-order valence-corrected chi connectivity index (χ2v) is 3.16. The summed E-state index contributed by atoms with van der Waals surface area (Å²) in [7, 11) is 0. The van der Waals surface area contributed by atoms with Crippen molar-refractivity contribution < 1.29 is 39.6 Å². The lowest BCUT2D eigenvalue weighted by atomic mass is 9.98. The number of hydrogen-bond donors (Lipinski definition) is 4. The molecule has 0 radical (unpaired) electrons. The molecule has 0 atom stereocenters. The fraction of sp³-hybridized carbons (Fsp3) is 0. The molecule has 0 saturated carbocycles. The monoisotopic (exact) mass is 284 g/mol. The Hall–Kier alpha value is -2.37. The Labute approximate surface area is 116 Å². The largest absolute Gasteiger partial charge is 0.478 e. The van der Waals surface area contributed by atoms with Crippen molar-refractivity contribution in [2.45, 2.75) is 0 Å². The fourth-order valence-corrected chi connectivity index (χ4v) is 1.31. The third-order valence-electron chi connectivity index (χ3n) is 2.08. The van der Waals surface area contributed by atoms with Gasteiger partial charge in [0.25, 0.3) is 0 Å². The Balaban J connectivity index is 0.00000324. The highest BCUT2D eigenvalue weighted by molar-refractivity contribution is 6.09. The van der Waals surface area contributed by atoms with Crippen LogP contribution in [0.4, 0.5) is 0 Å². The molecule has 0 fully saturated rings. The van der Waals surface area contributed by atoms with E-state index in [2.05, 4.69) is 0 Å². The number of benzene rings is 1. The fourth-order valence-electron chi connectivity index (χ4n) is 1.31. The van der Waals surface area contributed by atoms with Crippen LogP contribution in [0.15, 0.2) is 12.1 Å². The SMILES string of the molecule is O=C(O)c1cc(C(=O)O)c(C(=O)O)cc1C(=O)O.[AlH3]. The first-order chi connectivity index (χ1) is 8.25. The van der Waals surface area contributed by atoms with E-state index in [1.807, 2.05) is 0 Å². The van der Waals surface area contributed by atoms with E-state index in [1.165, 1.54) is 0 Å². The Morgan fingerprint density at radius 2 is 0.737 bits per heavy atom. The molecule has 0 aliphatic rings. The topological polar surface area (TPSA) is 149 Å².